The van der Waals surface area contributed by atoms with Crippen LogP contribution in [0.15, 0.2) is 36.5 Å². The van der Waals surface area contributed by atoms with Crippen LogP contribution >= 0.6 is 0 Å². The molecule has 58 heavy (non-hydrogen) atoms. The molecule has 0 saturated heterocycles. The zero-order valence-electron chi connectivity index (χ0n) is 38.6. The Labute approximate surface area is 359 Å². The molecule has 1 unspecified atom stereocenters. The first-order chi connectivity index (χ1) is 28.5. The number of unbranched alkanes of at least 4 members (excludes halogenated alkanes) is 28. The molecule has 0 aliphatic rings. The van der Waals surface area contributed by atoms with E-state index in [-0.39, 0.29) is 31.1 Å². The molecule has 0 aromatic carbocycles. The first-order valence-electron chi connectivity index (χ1n) is 25.0. The maximum atomic E-state index is 12.7. The second-order valence-electron chi connectivity index (χ2n) is 16.7. The van der Waals surface area contributed by atoms with Crippen molar-refractivity contribution in [3.05, 3.63) is 36.5 Å². The number of ether oxygens (including phenoxy) is 3. The zero-order valence-corrected chi connectivity index (χ0v) is 38.6. The first kappa shape index (κ1) is 55.6. The summed E-state index contributed by atoms with van der Waals surface area (Å²) in [6.07, 6.45) is 54.3. The summed E-state index contributed by atoms with van der Waals surface area (Å²) in [5.41, 5.74) is 0. The van der Waals surface area contributed by atoms with Crippen LogP contribution < -0.4 is 0 Å². The van der Waals surface area contributed by atoms with Crippen molar-refractivity contribution < 1.29 is 28.6 Å². The average molecular weight is 815 g/mol. The fourth-order valence-corrected chi connectivity index (χ4v) is 7.12. The van der Waals surface area contributed by atoms with E-state index in [0.717, 1.165) is 77.0 Å². The Hall–Kier alpha value is -2.37. The third-order valence-corrected chi connectivity index (χ3v) is 10.9. The van der Waals surface area contributed by atoms with E-state index in [2.05, 4.69) is 57.2 Å². The van der Waals surface area contributed by atoms with E-state index >= 15 is 0 Å². The van der Waals surface area contributed by atoms with Crippen LogP contribution in [0.25, 0.3) is 0 Å². The van der Waals surface area contributed by atoms with Gasteiger partial charge in [0.2, 0.25) is 0 Å². The minimum atomic E-state index is -0.783. The molecule has 0 rings (SSSR count). The van der Waals surface area contributed by atoms with Gasteiger partial charge in [0.1, 0.15) is 13.2 Å². The van der Waals surface area contributed by atoms with Gasteiger partial charge in [-0.3, -0.25) is 14.4 Å². The normalized spacial score (nSPS) is 12.3. The van der Waals surface area contributed by atoms with Crippen molar-refractivity contribution in [3.63, 3.8) is 0 Å². The summed E-state index contributed by atoms with van der Waals surface area (Å²) in [6, 6.07) is 0. The lowest BCUT2D eigenvalue weighted by atomic mass is 10.0. The molecule has 0 heterocycles. The molecule has 1 atom stereocenters. The SMILES string of the molecule is CC/C=C\C/C=C\CCCCC(=O)OCC(COC(=O)CCCCCCC/C=C\CCCCCCCCCCC)OC(=O)CCCCCCCCCCCCCCC. The summed E-state index contributed by atoms with van der Waals surface area (Å²) < 4.78 is 16.7. The Morgan fingerprint density at radius 1 is 0.362 bits per heavy atom. The van der Waals surface area contributed by atoms with Crippen LogP contribution in [0.4, 0.5) is 0 Å². The number of allylic oxidation sites excluding steroid dienone is 6. The van der Waals surface area contributed by atoms with Crippen LogP contribution in [0.3, 0.4) is 0 Å². The van der Waals surface area contributed by atoms with Crippen LogP contribution in [0.1, 0.15) is 258 Å². The molecule has 0 radical (unpaired) electrons. The van der Waals surface area contributed by atoms with Crippen molar-refractivity contribution in [2.24, 2.45) is 0 Å². The van der Waals surface area contributed by atoms with Gasteiger partial charge in [-0.1, -0.05) is 205 Å². The summed E-state index contributed by atoms with van der Waals surface area (Å²) in [6.45, 7) is 6.49. The minimum Gasteiger partial charge on any atom is -0.462 e. The smallest absolute Gasteiger partial charge is 0.306 e. The Morgan fingerprint density at radius 3 is 1.09 bits per heavy atom. The topological polar surface area (TPSA) is 78.9 Å². The van der Waals surface area contributed by atoms with Gasteiger partial charge >= 0.3 is 17.9 Å². The number of hydrogen-bond donors (Lipinski definition) is 0. The molecule has 6 heteroatoms. The lowest BCUT2D eigenvalue weighted by molar-refractivity contribution is -0.167. The lowest BCUT2D eigenvalue weighted by Crippen LogP contribution is -2.30. The standard InChI is InChI=1S/C52H94O6/c1-4-7-10-13-16-19-21-23-24-25-26-27-29-30-33-36-39-42-45-51(54)57-48-49(47-56-50(53)44-41-38-35-32-18-15-12-9-6-3)58-52(55)46-43-40-37-34-31-28-22-20-17-14-11-8-5-2/h9,12,18,26-27,32,49H,4-8,10-11,13-17,19-25,28-31,33-48H2,1-3H3/b12-9-,27-26-,32-18-. The lowest BCUT2D eigenvalue weighted by Gasteiger charge is -2.18. The first-order valence-corrected chi connectivity index (χ1v) is 25.0. The van der Waals surface area contributed by atoms with Gasteiger partial charge in [0.15, 0.2) is 6.10 Å². The maximum absolute atomic E-state index is 12.7. The van der Waals surface area contributed by atoms with Crippen molar-refractivity contribution in [1.29, 1.82) is 0 Å². The monoisotopic (exact) mass is 815 g/mol. The molecule has 0 fully saturated rings. The third kappa shape index (κ3) is 44.7. The maximum Gasteiger partial charge on any atom is 0.306 e. The predicted molar refractivity (Wildman–Crippen MR) is 247 cm³/mol. The van der Waals surface area contributed by atoms with Crippen molar-refractivity contribution in [2.75, 3.05) is 13.2 Å². The van der Waals surface area contributed by atoms with Gasteiger partial charge in [-0.15, -0.1) is 0 Å². The van der Waals surface area contributed by atoms with Gasteiger partial charge in [-0.2, -0.15) is 0 Å². The van der Waals surface area contributed by atoms with Gasteiger partial charge in [0.05, 0.1) is 0 Å². The second kappa shape index (κ2) is 47.3. The molecule has 0 spiro atoms. The van der Waals surface area contributed by atoms with E-state index in [0.29, 0.717) is 19.3 Å². The van der Waals surface area contributed by atoms with Gasteiger partial charge in [-0.05, 0) is 70.6 Å². The molecule has 0 saturated carbocycles. The molecule has 0 aliphatic carbocycles. The molecule has 0 aromatic heterocycles. The highest BCUT2D eigenvalue weighted by atomic mass is 16.6. The number of rotatable bonds is 45. The van der Waals surface area contributed by atoms with Crippen LogP contribution in [0, 0.1) is 0 Å². The van der Waals surface area contributed by atoms with E-state index < -0.39 is 6.10 Å². The Morgan fingerprint density at radius 2 is 0.672 bits per heavy atom. The van der Waals surface area contributed by atoms with Crippen molar-refractivity contribution in [3.8, 4) is 0 Å². The van der Waals surface area contributed by atoms with Gasteiger partial charge in [-0.25, -0.2) is 0 Å². The summed E-state index contributed by atoms with van der Waals surface area (Å²) >= 11 is 0. The fourth-order valence-electron chi connectivity index (χ4n) is 7.12. The van der Waals surface area contributed by atoms with Gasteiger partial charge < -0.3 is 14.2 Å². The van der Waals surface area contributed by atoms with E-state index in [9.17, 15) is 14.4 Å². The Bertz CT molecular complexity index is 984. The predicted octanol–water partition coefficient (Wildman–Crippen LogP) is 16.1. The van der Waals surface area contributed by atoms with E-state index in [1.165, 1.54) is 141 Å². The number of esters is 3. The van der Waals surface area contributed by atoms with Crippen molar-refractivity contribution in [1.82, 2.24) is 0 Å². The Balaban J connectivity index is 4.31. The van der Waals surface area contributed by atoms with E-state index in [1.807, 2.05) is 0 Å². The van der Waals surface area contributed by atoms with Crippen LogP contribution in [0.2, 0.25) is 0 Å². The summed E-state index contributed by atoms with van der Waals surface area (Å²) in [5, 5.41) is 0. The number of carbonyl (C=O) groups excluding carboxylic acids is 3. The van der Waals surface area contributed by atoms with Crippen LogP contribution in [0.5, 0.6) is 0 Å². The van der Waals surface area contributed by atoms with Crippen LogP contribution in [-0.2, 0) is 28.6 Å². The Kier molecular flexibility index (Phi) is 45.4. The van der Waals surface area contributed by atoms with E-state index in [4.69, 9.17) is 14.2 Å². The van der Waals surface area contributed by atoms with Crippen molar-refractivity contribution in [2.45, 2.75) is 264 Å². The highest BCUT2D eigenvalue weighted by molar-refractivity contribution is 5.71. The zero-order chi connectivity index (χ0) is 42.3. The quantitative estimate of drug-likeness (QED) is 0.0264. The van der Waals surface area contributed by atoms with Gasteiger partial charge in [0.25, 0.3) is 0 Å². The molecule has 0 N–H and O–H groups in total. The molecule has 0 aliphatic heterocycles. The molecule has 0 aromatic rings. The highest BCUT2D eigenvalue weighted by Gasteiger charge is 2.19. The number of hydrogen-bond acceptors (Lipinski definition) is 6. The van der Waals surface area contributed by atoms with Crippen molar-refractivity contribution >= 4 is 17.9 Å². The van der Waals surface area contributed by atoms with Crippen LogP contribution in [-0.4, -0.2) is 37.2 Å². The van der Waals surface area contributed by atoms with Gasteiger partial charge in [0, 0.05) is 19.3 Å². The summed E-state index contributed by atoms with van der Waals surface area (Å²) in [5.74, 6) is -0.923. The molecule has 0 bridgehead atoms. The molecule has 0 amide bonds. The second-order valence-corrected chi connectivity index (χ2v) is 16.7. The molecular formula is C52H94O6. The summed E-state index contributed by atoms with van der Waals surface area (Å²) in [4.78, 5) is 37.8. The number of carbonyl (C=O) groups is 3. The molecular weight excluding hydrogens is 721 g/mol. The fraction of sp³-hybridized carbons (Fsp3) is 0.827. The summed E-state index contributed by atoms with van der Waals surface area (Å²) in [7, 11) is 0. The molecule has 338 valence electrons. The minimum absolute atomic E-state index is 0.0842. The van der Waals surface area contributed by atoms with E-state index in [1.54, 1.807) is 0 Å². The third-order valence-electron chi connectivity index (χ3n) is 10.9. The largest absolute Gasteiger partial charge is 0.462 e. The molecule has 6 nitrogen and oxygen atoms in total. The average Bonchev–Trinajstić information content (AvgIpc) is 3.22. The highest BCUT2D eigenvalue weighted by Crippen LogP contribution is 2.15.